The van der Waals surface area contributed by atoms with E-state index in [1.807, 2.05) is 0 Å². The van der Waals surface area contributed by atoms with Crippen LogP contribution in [-0.4, -0.2) is 28.3 Å². The summed E-state index contributed by atoms with van der Waals surface area (Å²) in [6, 6.07) is 15.0. The van der Waals surface area contributed by atoms with Crippen molar-refractivity contribution >= 4 is 33.6 Å². The Morgan fingerprint density at radius 2 is 1.84 bits per heavy atom. The lowest BCUT2D eigenvalue weighted by atomic mass is 9.83. The van der Waals surface area contributed by atoms with Crippen LogP contribution >= 0.6 is 11.8 Å². The van der Waals surface area contributed by atoms with Crippen LogP contribution in [0.1, 0.15) is 19.8 Å². The lowest BCUT2D eigenvalue weighted by Gasteiger charge is -2.47. The molecule has 4 heteroatoms. The molecular formula is C21H21FN2S. The minimum atomic E-state index is 0.0265. The molecule has 1 aromatic heterocycles. The zero-order chi connectivity index (χ0) is 17.0. The van der Waals surface area contributed by atoms with Crippen molar-refractivity contribution in [2.75, 3.05) is 13.1 Å². The first-order valence-electron chi connectivity index (χ1n) is 8.98. The Bertz CT molecular complexity index is 978. The van der Waals surface area contributed by atoms with Crippen LogP contribution in [0.3, 0.4) is 0 Å². The highest BCUT2D eigenvalue weighted by atomic mass is 32.2. The number of aromatic nitrogens is 1. The predicted octanol–water partition coefficient (Wildman–Crippen LogP) is 5.71. The number of para-hydroxylation sites is 1. The van der Waals surface area contributed by atoms with Crippen LogP contribution in [0.25, 0.3) is 21.8 Å². The van der Waals surface area contributed by atoms with E-state index in [1.165, 1.54) is 21.2 Å². The summed E-state index contributed by atoms with van der Waals surface area (Å²) in [6.07, 6.45) is 2.21. The smallest absolute Gasteiger partial charge is 0.0987 e. The van der Waals surface area contributed by atoms with Gasteiger partial charge in [0.25, 0.3) is 0 Å². The number of nitrogens with one attached hydrogen (secondary N) is 1. The molecule has 3 fully saturated rings. The van der Waals surface area contributed by atoms with Crippen LogP contribution in [-0.2, 0) is 0 Å². The molecule has 4 heterocycles. The third-order valence-electron chi connectivity index (χ3n) is 5.69. The van der Waals surface area contributed by atoms with Gasteiger partial charge in [0.1, 0.15) is 0 Å². The van der Waals surface area contributed by atoms with Crippen LogP contribution in [0.4, 0.5) is 4.39 Å². The fourth-order valence-corrected chi connectivity index (χ4v) is 5.90. The molecule has 3 aliphatic heterocycles. The Balaban J connectivity index is 1.53. The van der Waals surface area contributed by atoms with Crippen molar-refractivity contribution in [3.05, 3.63) is 53.9 Å². The van der Waals surface area contributed by atoms with Gasteiger partial charge in [0, 0.05) is 39.8 Å². The van der Waals surface area contributed by atoms with Gasteiger partial charge in [-0.05, 0) is 49.5 Å². The van der Waals surface area contributed by atoms with Crippen LogP contribution in [0.5, 0.6) is 0 Å². The second kappa shape index (κ2) is 5.89. The van der Waals surface area contributed by atoms with Gasteiger partial charge in [-0.3, -0.25) is 4.90 Å². The maximum Gasteiger partial charge on any atom is 0.0987 e. The summed E-state index contributed by atoms with van der Waals surface area (Å²) in [6.45, 7) is 3.81. The van der Waals surface area contributed by atoms with Crippen molar-refractivity contribution in [1.82, 2.24) is 9.88 Å². The molecule has 1 N–H and O–H groups in total. The molecule has 0 amide bonds. The Morgan fingerprint density at radius 1 is 1.08 bits per heavy atom. The van der Waals surface area contributed by atoms with Gasteiger partial charge in [0.05, 0.1) is 11.2 Å². The first-order chi connectivity index (χ1) is 12.2. The van der Waals surface area contributed by atoms with Gasteiger partial charge in [-0.1, -0.05) is 24.3 Å². The van der Waals surface area contributed by atoms with Gasteiger partial charge < -0.3 is 4.98 Å². The molecule has 6 rings (SSSR count). The summed E-state index contributed by atoms with van der Waals surface area (Å²) in [5, 5.41) is 2.66. The van der Waals surface area contributed by atoms with E-state index in [-0.39, 0.29) is 11.2 Å². The Hall–Kier alpha value is -1.78. The molecule has 128 valence electrons. The van der Waals surface area contributed by atoms with Crippen molar-refractivity contribution < 1.29 is 4.39 Å². The van der Waals surface area contributed by atoms with Crippen LogP contribution in [0.15, 0.2) is 58.8 Å². The van der Waals surface area contributed by atoms with E-state index < -0.39 is 0 Å². The summed E-state index contributed by atoms with van der Waals surface area (Å²) in [4.78, 5) is 7.16. The van der Waals surface area contributed by atoms with Crippen LogP contribution < -0.4 is 0 Å². The largest absolute Gasteiger partial charge is 0.354 e. The lowest BCUT2D eigenvalue weighted by Crippen LogP contribution is -2.49. The van der Waals surface area contributed by atoms with Gasteiger partial charge in [-0.2, -0.15) is 0 Å². The number of allylic oxidation sites excluding steroid dienone is 1. The van der Waals surface area contributed by atoms with Gasteiger partial charge in [-0.25, -0.2) is 4.39 Å². The van der Waals surface area contributed by atoms with E-state index in [0.717, 1.165) is 37.0 Å². The normalized spacial score (nSPS) is 28.0. The molecule has 3 aromatic rings. The van der Waals surface area contributed by atoms with Crippen molar-refractivity contribution in [3.8, 4) is 0 Å². The number of halogens is 1. The Labute approximate surface area is 151 Å². The number of benzene rings is 2. The lowest BCUT2D eigenvalue weighted by molar-refractivity contribution is 0.141. The number of aromatic amines is 1. The zero-order valence-electron chi connectivity index (χ0n) is 14.3. The molecule has 2 nitrogen and oxygen atoms in total. The summed E-state index contributed by atoms with van der Waals surface area (Å²) < 4.78 is 14.2. The van der Waals surface area contributed by atoms with E-state index in [2.05, 4.69) is 52.3 Å². The van der Waals surface area contributed by atoms with Gasteiger partial charge in [0.15, 0.2) is 0 Å². The second-order valence-electron chi connectivity index (χ2n) is 7.15. The van der Waals surface area contributed by atoms with Gasteiger partial charge >= 0.3 is 0 Å². The minimum Gasteiger partial charge on any atom is -0.354 e. The van der Waals surface area contributed by atoms with E-state index >= 15 is 0 Å². The number of hydrogen-bond acceptors (Lipinski definition) is 2. The fraction of sp³-hybridized carbons (Fsp3) is 0.333. The summed E-state index contributed by atoms with van der Waals surface area (Å²) >= 11 is 1.80. The number of thioether (sulfide) groups is 1. The third kappa shape index (κ3) is 2.51. The quantitative estimate of drug-likeness (QED) is 0.637. The minimum absolute atomic E-state index is 0.0265. The predicted molar refractivity (Wildman–Crippen MR) is 104 cm³/mol. The summed E-state index contributed by atoms with van der Waals surface area (Å²) in [5.74, 6) is 0.461. The molecule has 2 bridgehead atoms. The molecule has 3 aliphatic rings. The molecule has 0 aliphatic carbocycles. The fourth-order valence-electron chi connectivity index (χ4n) is 4.47. The SMILES string of the molecule is CC(F)=C1C2CCN(CC2)C1Sc1ccc2c(c1)[nH]c1ccccc12. The monoisotopic (exact) mass is 352 g/mol. The highest BCUT2D eigenvalue weighted by molar-refractivity contribution is 8.00. The van der Waals surface area contributed by atoms with Crippen molar-refractivity contribution in [2.45, 2.75) is 30.0 Å². The molecule has 1 atom stereocenters. The number of fused-ring (bicyclic) bond motifs is 6. The van der Waals surface area contributed by atoms with Crippen LogP contribution in [0.2, 0.25) is 0 Å². The van der Waals surface area contributed by atoms with Crippen molar-refractivity contribution in [2.24, 2.45) is 5.92 Å². The number of nitrogens with zero attached hydrogens (tertiary/aromatic N) is 1. The average Bonchev–Trinajstić information content (AvgIpc) is 3.00. The van der Waals surface area contributed by atoms with Crippen LogP contribution in [0, 0.1) is 5.92 Å². The second-order valence-corrected chi connectivity index (χ2v) is 8.30. The molecular weight excluding hydrogens is 331 g/mol. The molecule has 3 saturated heterocycles. The topological polar surface area (TPSA) is 19.0 Å². The first kappa shape index (κ1) is 15.5. The summed E-state index contributed by atoms with van der Waals surface area (Å²) in [7, 11) is 0. The van der Waals surface area contributed by atoms with Crippen molar-refractivity contribution in [3.63, 3.8) is 0 Å². The maximum absolute atomic E-state index is 14.2. The number of rotatable bonds is 2. The van der Waals surface area contributed by atoms with Crippen molar-refractivity contribution in [1.29, 1.82) is 0 Å². The highest BCUT2D eigenvalue weighted by Crippen LogP contribution is 2.45. The highest BCUT2D eigenvalue weighted by Gasteiger charge is 2.39. The maximum atomic E-state index is 14.2. The van der Waals surface area contributed by atoms with E-state index in [9.17, 15) is 4.39 Å². The molecule has 1 unspecified atom stereocenters. The third-order valence-corrected chi connectivity index (χ3v) is 6.99. The van der Waals surface area contributed by atoms with Gasteiger partial charge in [-0.15, -0.1) is 11.8 Å². The Kier molecular flexibility index (Phi) is 3.64. The number of H-pyrrole nitrogens is 1. The van der Waals surface area contributed by atoms with E-state index in [0.29, 0.717) is 5.92 Å². The molecule has 0 radical (unpaired) electrons. The van der Waals surface area contributed by atoms with E-state index in [1.54, 1.807) is 18.7 Å². The Morgan fingerprint density at radius 3 is 2.64 bits per heavy atom. The molecule has 0 spiro atoms. The standard InChI is InChI=1S/C21H21FN2S/c1-13(22)20-14-8-10-24(11-9-14)21(20)25-15-6-7-17-16-4-2-3-5-18(16)23-19(17)12-15/h2-7,12,14,21,23H,8-11H2,1H3. The van der Waals surface area contributed by atoms with Gasteiger partial charge in [0.2, 0.25) is 0 Å². The number of hydrogen-bond donors (Lipinski definition) is 1. The molecule has 2 aromatic carbocycles. The van der Waals surface area contributed by atoms with E-state index in [4.69, 9.17) is 0 Å². The number of piperidine rings is 3. The zero-order valence-corrected chi connectivity index (χ0v) is 15.1. The average molecular weight is 352 g/mol. The summed E-state index contributed by atoms with van der Waals surface area (Å²) in [5.41, 5.74) is 3.35. The molecule has 0 saturated carbocycles. The first-order valence-corrected chi connectivity index (χ1v) is 9.86. The molecule has 25 heavy (non-hydrogen) atoms.